The number of benzene rings is 1. The van der Waals surface area contributed by atoms with E-state index in [1.807, 2.05) is 12.1 Å². The molecule has 122 valence electrons. The second-order valence-electron chi connectivity index (χ2n) is 5.43. The van der Waals surface area contributed by atoms with Gasteiger partial charge in [-0.1, -0.05) is 26.0 Å². The van der Waals surface area contributed by atoms with Gasteiger partial charge in [-0.05, 0) is 31.0 Å². The van der Waals surface area contributed by atoms with Gasteiger partial charge in [-0.15, -0.1) is 0 Å². The Labute approximate surface area is 136 Å². The molecular weight excluding hydrogens is 292 g/mol. The fraction of sp³-hybridized carbons (Fsp3) is 0.353. The average Bonchev–Trinajstić information content (AvgIpc) is 2.54. The third-order valence-corrected chi connectivity index (χ3v) is 3.02. The molecule has 0 unspecified atom stereocenters. The summed E-state index contributed by atoms with van der Waals surface area (Å²) in [4.78, 5) is 20.6. The zero-order valence-corrected chi connectivity index (χ0v) is 13.7. The summed E-state index contributed by atoms with van der Waals surface area (Å²) in [5.74, 6) is 1.32. The molecule has 2 N–H and O–H groups in total. The molecule has 2 aromatic rings. The molecule has 1 aromatic carbocycles. The summed E-state index contributed by atoms with van der Waals surface area (Å²) < 4.78 is 5.06. The van der Waals surface area contributed by atoms with Crippen molar-refractivity contribution in [2.75, 3.05) is 23.8 Å². The van der Waals surface area contributed by atoms with Crippen LogP contribution in [-0.2, 0) is 4.74 Å². The smallest absolute Gasteiger partial charge is 0.340 e. The minimum absolute atomic E-state index is 0.332. The van der Waals surface area contributed by atoms with Gasteiger partial charge >= 0.3 is 5.97 Å². The summed E-state index contributed by atoms with van der Waals surface area (Å²) in [7, 11) is 0. The summed E-state index contributed by atoms with van der Waals surface area (Å²) in [6, 6.07) is 8.95. The quantitative estimate of drug-likeness (QED) is 0.762. The highest BCUT2D eigenvalue weighted by molar-refractivity contribution is 5.96. The van der Waals surface area contributed by atoms with Gasteiger partial charge in [-0.25, -0.2) is 9.78 Å². The van der Waals surface area contributed by atoms with Crippen molar-refractivity contribution in [2.45, 2.75) is 20.8 Å². The summed E-state index contributed by atoms with van der Waals surface area (Å²) in [6.45, 7) is 7.20. The molecule has 0 fully saturated rings. The lowest BCUT2D eigenvalue weighted by Gasteiger charge is -2.12. The minimum Gasteiger partial charge on any atom is -0.462 e. The zero-order chi connectivity index (χ0) is 16.7. The lowest BCUT2D eigenvalue weighted by Crippen LogP contribution is -2.11. The van der Waals surface area contributed by atoms with Crippen molar-refractivity contribution in [2.24, 2.45) is 5.92 Å². The van der Waals surface area contributed by atoms with Crippen LogP contribution in [0.5, 0.6) is 0 Å². The maximum atomic E-state index is 12.0. The summed E-state index contributed by atoms with van der Waals surface area (Å²) >= 11 is 0. The van der Waals surface area contributed by atoms with Crippen LogP contribution in [0.3, 0.4) is 0 Å². The van der Waals surface area contributed by atoms with Gasteiger partial charge in [0.1, 0.15) is 5.82 Å². The first-order chi connectivity index (χ1) is 11.1. The van der Waals surface area contributed by atoms with E-state index in [1.54, 1.807) is 31.3 Å². The van der Waals surface area contributed by atoms with Crippen molar-refractivity contribution in [3.05, 3.63) is 42.1 Å². The van der Waals surface area contributed by atoms with Crippen molar-refractivity contribution in [3.8, 4) is 0 Å². The van der Waals surface area contributed by atoms with Crippen molar-refractivity contribution >= 4 is 23.4 Å². The largest absolute Gasteiger partial charge is 0.462 e. The number of esters is 1. The van der Waals surface area contributed by atoms with Crippen LogP contribution >= 0.6 is 0 Å². The van der Waals surface area contributed by atoms with Gasteiger partial charge in [0.05, 0.1) is 17.9 Å². The molecule has 1 heterocycles. The van der Waals surface area contributed by atoms with Gasteiger partial charge in [0, 0.05) is 12.7 Å². The Bertz CT molecular complexity index is 659. The summed E-state index contributed by atoms with van der Waals surface area (Å²) in [5.41, 5.74) is 1.07. The molecule has 1 aromatic heterocycles. The van der Waals surface area contributed by atoms with Crippen LogP contribution in [0, 0.1) is 5.92 Å². The van der Waals surface area contributed by atoms with Crippen LogP contribution in [0.2, 0.25) is 0 Å². The van der Waals surface area contributed by atoms with E-state index in [0.717, 1.165) is 12.4 Å². The van der Waals surface area contributed by atoms with Gasteiger partial charge in [-0.3, -0.25) is 0 Å². The highest BCUT2D eigenvalue weighted by Crippen LogP contribution is 2.20. The number of carbonyl (C=O) groups is 1. The summed E-state index contributed by atoms with van der Waals surface area (Å²) in [5, 5.41) is 6.32. The second kappa shape index (κ2) is 8.12. The topological polar surface area (TPSA) is 76.1 Å². The van der Waals surface area contributed by atoms with E-state index in [9.17, 15) is 4.79 Å². The van der Waals surface area contributed by atoms with Crippen LogP contribution in [-0.4, -0.2) is 29.1 Å². The van der Waals surface area contributed by atoms with Crippen LogP contribution in [0.4, 0.5) is 17.5 Å². The second-order valence-corrected chi connectivity index (χ2v) is 5.43. The molecule has 0 aliphatic rings. The maximum absolute atomic E-state index is 12.0. The molecule has 0 spiro atoms. The molecule has 0 bridgehead atoms. The minimum atomic E-state index is -0.371. The maximum Gasteiger partial charge on any atom is 0.340 e. The fourth-order valence-electron chi connectivity index (χ4n) is 1.93. The average molecular weight is 314 g/mol. The van der Waals surface area contributed by atoms with Crippen LogP contribution < -0.4 is 10.6 Å². The van der Waals surface area contributed by atoms with Gasteiger partial charge in [0.2, 0.25) is 5.95 Å². The number of para-hydroxylation sites is 1. The first kappa shape index (κ1) is 16.7. The lowest BCUT2D eigenvalue weighted by molar-refractivity contribution is 0.0527. The number of rotatable bonds is 7. The Hall–Kier alpha value is -2.63. The Balaban J connectivity index is 2.16. The van der Waals surface area contributed by atoms with E-state index in [0.29, 0.717) is 29.7 Å². The number of hydrogen-bond acceptors (Lipinski definition) is 6. The first-order valence-corrected chi connectivity index (χ1v) is 7.70. The number of hydrogen-bond donors (Lipinski definition) is 2. The first-order valence-electron chi connectivity index (χ1n) is 7.70. The van der Waals surface area contributed by atoms with E-state index in [4.69, 9.17) is 4.74 Å². The number of anilines is 3. The van der Waals surface area contributed by atoms with E-state index >= 15 is 0 Å². The fourth-order valence-corrected chi connectivity index (χ4v) is 1.93. The number of ether oxygens (including phenoxy) is 1. The van der Waals surface area contributed by atoms with E-state index < -0.39 is 0 Å². The molecule has 0 saturated heterocycles. The molecule has 2 rings (SSSR count). The number of aromatic nitrogens is 2. The third-order valence-electron chi connectivity index (χ3n) is 3.02. The normalized spacial score (nSPS) is 10.4. The van der Waals surface area contributed by atoms with Crippen LogP contribution in [0.25, 0.3) is 0 Å². The van der Waals surface area contributed by atoms with Crippen molar-refractivity contribution in [1.29, 1.82) is 0 Å². The number of nitrogens with one attached hydrogen (secondary N) is 2. The standard InChI is InChI=1S/C17H22N4O2/c1-4-23-16(22)13-7-5-6-8-14(13)20-17-18-10-9-15(21-17)19-11-12(2)3/h5-10,12H,4,11H2,1-3H3,(H2,18,19,20,21). The van der Waals surface area contributed by atoms with Gasteiger partial charge in [0.25, 0.3) is 0 Å². The third kappa shape index (κ3) is 4.95. The van der Waals surface area contributed by atoms with Gasteiger partial charge in [0.15, 0.2) is 0 Å². The predicted octanol–water partition coefficient (Wildman–Crippen LogP) is 3.46. The molecule has 6 nitrogen and oxygen atoms in total. The molecule has 6 heteroatoms. The molecule has 0 saturated carbocycles. The van der Waals surface area contributed by atoms with E-state index in [1.165, 1.54) is 0 Å². The Morgan fingerprint density at radius 1 is 1.26 bits per heavy atom. The van der Waals surface area contributed by atoms with Crippen LogP contribution in [0.15, 0.2) is 36.5 Å². The SMILES string of the molecule is CCOC(=O)c1ccccc1Nc1nccc(NCC(C)C)n1. The Morgan fingerprint density at radius 3 is 2.78 bits per heavy atom. The number of carbonyl (C=O) groups excluding carboxylic acids is 1. The molecule has 0 aliphatic heterocycles. The van der Waals surface area contributed by atoms with E-state index in [2.05, 4.69) is 34.4 Å². The monoisotopic (exact) mass is 314 g/mol. The van der Waals surface area contributed by atoms with E-state index in [-0.39, 0.29) is 5.97 Å². The predicted molar refractivity (Wildman–Crippen MR) is 91.0 cm³/mol. The summed E-state index contributed by atoms with van der Waals surface area (Å²) in [6.07, 6.45) is 1.67. The van der Waals surface area contributed by atoms with Crippen molar-refractivity contribution in [3.63, 3.8) is 0 Å². The molecule has 0 aliphatic carbocycles. The van der Waals surface area contributed by atoms with Gasteiger partial charge in [-0.2, -0.15) is 4.98 Å². The van der Waals surface area contributed by atoms with Crippen molar-refractivity contribution in [1.82, 2.24) is 9.97 Å². The highest BCUT2D eigenvalue weighted by atomic mass is 16.5. The van der Waals surface area contributed by atoms with Gasteiger partial charge < -0.3 is 15.4 Å². The highest BCUT2D eigenvalue weighted by Gasteiger charge is 2.12. The van der Waals surface area contributed by atoms with Crippen LogP contribution in [0.1, 0.15) is 31.1 Å². The molecular formula is C17H22N4O2. The Morgan fingerprint density at radius 2 is 2.04 bits per heavy atom. The lowest BCUT2D eigenvalue weighted by atomic mass is 10.2. The zero-order valence-electron chi connectivity index (χ0n) is 13.7. The molecule has 23 heavy (non-hydrogen) atoms. The molecule has 0 amide bonds. The Kier molecular flexibility index (Phi) is 5.91. The number of nitrogens with zero attached hydrogens (tertiary/aromatic N) is 2. The molecule has 0 atom stereocenters. The van der Waals surface area contributed by atoms with Crippen molar-refractivity contribution < 1.29 is 9.53 Å². The molecule has 0 radical (unpaired) electrons.